The second-order valence-electron chi connectivity index (χ2n) is 4.27. The van der Waals surface area contributed by atoms with Crippen molar-refractivity contribution in [2.75, 3.05) is 0 Å². The van der Waals surface area contributed by atoms with E-state index in [1.165, 1.54) is 0 Å². The van der Waals surface area contributed by atoms with Crippen molar-refractivity contribution in [3.05, 3.63) is 29.6 Å². The molecular weight excluding hydrogens is 246 g/mol. The van der Waals surface area contributed by atoms with Gasteiger partial charge in [-0.15, -0.1) is 0 Å². The van der Waals surface area contributed by atoms with Gasteiger partial charge in [-0.05, 0) is 25.0 Å². The highest BCUT2D eigenvalue weighted by atomic mass is 16.4. The molecule has 104 valence electrons. The summed E-state index contributed by atoms with van der Waals surface area (Å²) in [5.74, 6) is -1.02. The first kappa shape index (κ1) is 14.9. The molecule has 0 fully saturated rings. The predicted molar refractivity (Wildman–Crippen MR) is 70.7 cm³/mol. The molecule has 0 aliphatic rings. The fourth-order valence-corrected chi connectivity index (χ4v) is 1.62. The maximum absolute atomic E-state index is 11.6. The second kappa shape index (κ2) is 7.35. The molecule has 0 saturated carbocycles. The predicted octanol–water partition coefficient (Wildman–Crippen LogP) is 1.44. The zero-order valence-corrected chi connectivity index (χ0v) is 11.1. The zero-order valence-electron chi connectivity index (χ0n) is 11.1. The number of aromatic nitrogens is 1. The highest BCUT2D eigenvalue weighted by Gasteiger charge is 2.18. The van der Waals surface area contributed by atoms with Gasteiger partial charge in [0, 0.05) is 6.20 Å². The van der Waals surface area contributed by atoms with Gasteiger partial charge in [0.2, 0.25) is 0 Å². The number of carboxylic acid groups (broad SMARTS) is 1. The van der Waals surface area contributed by atoms with Crippen LogP contribution in [0.25, 0.3) is 0 Å². The highest BCUT2D eigenvalue weighted by molar-refractivity contribution is 5.82. The molecule has 0 aromatic carbocycles. The number of amides is 2. The number of hydrogen-bond acceptors (Lipinski definition) is 3. The van der Waals surface area contributed by atoms with Gasteiger partial charge in [-0.1, -0.05) is 19.4 Å². The maximum atomic E-state index is 11.6. The van der Waals surface area contributed by atoms with Gasteiger partial charge in [0.25, 0.3) is 0 Å². The van der Waals surface area contributed by atoms with E-state index in [0.29, 0.717) is 12.8 Å². The average molecular weight is 265 g/mol. The fourth-order valence-electron chi connectivity index (χ4n) is 1.62. The standard InChI is InChI=1S/C13H19N3O3/c1-3-5-10(12(17)18)16-13(19)15-8-11-9(2)6-4-7-14-11/h4,6-7,10H,3,5,8H2,1-2H3,(H,17,18)(H2,15,16,19)/t10-/m1/s1. The lowest BCUT2D eigenvalue weighted by Crippen LogP contribution is -2.45. The maximum Gasteiger partial charge on any atom is 0.326 e. The number of rotatable bonds is 6. The van der Waals surface area contributed by atoms with Crippen molar-refractivity contribution in [1.82, 2.24) is 15.6 Å². The van der Waals surface area contributed by atoms with Gasteiger partial charge in [0.05, 0.1) is 12.2 Å². The summed E-state index contributed by atoms with van der Waals surface area (Å²) in [6.07, 6.45) is 2.75. The molecule has 0 aliphatic heterocycles. The van der Waals surface area contributed by atoms with Crippen molar-refractivity contribution in [1.29, 1.82) is 0 Å². The van der Waals surface area contributed by atoms with Crippen molar-refractivity contribution in [3.63, 3.8) is 0 Å². The molecule has 1 atom stereocenters. The first-order valence-electron chi connectivity index (χ1n) is 6.22. The van der Waals surface area contributed by atoms with E-state index in [0.717, 1.165) is 11.3 Å². The van der Waals surface area contributed by atoms with Crippen LogP contribution in [0.1, 0.15) is 31.0 Å². The van der Waals surface area contributed by atoms with Gasteiger partial charge >= 0.3 is 12.0 Å². The minimum absolute atomic E-state index is 0.275. The van der Waals surface area contributed by atoms with Crippen LogP contribution >= 0.6 is 0 Å². The lowest BCUT2D eigenvalue weighted by Gasteiger charge is -2.14. The molecule has 1 aromatic heterocycles. The summed E-state index contributed by atoms with van der Waals surface area (Å²) < 4.78 is 0. The molecule has 2 amide bonds. The number of aliphatic carboxylic acids is 1. The Bertz CT molecular complexity index is 449. The Labute approximate surface area is 112 Å². The number of carbonyl (C=O) groups is 2. The van der Waals surface area contributed by atoms with Gasteiger partial charge in [-0.3, -0.25) is 4.98 Å². The van der Waals surface area contributed by atoms with Gasteiger partial charge in [0.15, 0.2) is 0 Å². The van der Waals surface area contributed by atoms with Gasteiger partial charge in [0.1, 0.15) is 6.04 Å². The molecule has 0 unspecified atom stereocenters. The molecule has 6 nitrogen and oxygen atoms in total. The van der Waals surface area contributed by atoms with Crippen LogP contribution in [0.15, 0.2) is 18.3 Å². The minimum atomic E-state index is -1.02. The van der Waals surface area contributed by atoms with Crippen LogP contribution < -0.4 is 10.6 Å². The molecule has 1 aromatic rings. The first-order valence-corrected chi connectivity index (χ1v) is 6.22. The minimum Gasteiger partial charge on any atom is -0.480 e. The monoisotopic (exact) mass is 265 g/mol. The Balaban J connectivity index is 2.47. The lowest BCUT2D eigenvalue weighted by molar-refractivity contribution is -0.139. The van der Waals surface area contributed by atoms with Gasteiger partial charge < -0.3 is 15.7 Å². The Morgan fingerprint density at radius 2 is 2.21 bits per heavy atom. The van der Waals surface area contributed by atoms with E-state index < -0.39 is 18.0 Å². The molecule has 0 bridgehead atoms. The smallest absolute Gasteiger partial charge is 0.326 e. The van der Waals surface area contributed by atoms with E-state index in [1.807, 2.05) is 26.0 Å². The van der Waals surface area contributed by atoms with Gasteiger partial charge in [-0.2, -0.15) is 0 Å². The quantitative estimate of drug-likeness (QED) is 0.726. The Hall–Kier alpha value is -2.11. The molecule has 1 heterocycles. The lowest BCUT2D eigenvalue weighted by atomic mass is 10.2. The summed E-state index contributed by atoms with van der Waals surface area (Å²) in [7, 11) is 0. The largest absolute Gasteiger partial charge is 0.480 e. The third-order valence-corrected chi connectivity index (χ3v) is 2.72. The van der Waals surface area contributed by atoms with E-state index in [4.69, 9.17) is 5.11 Å². The van der Waals surface area contributed by atoms with Crippen molar-refractivity contribution in [2.45, 2.75) is 39.3 Å². The average Bonchev–Trinajstić information content (AvgIpc) is 2.37. The van der Waals surface area contributed by atoms with Crippen LogP contribution in [0.4, 0.5) is 4.79 Å². The SMILES string of the molecule is CCC[C@@H](NC(=O)NCc1ncccc1C)C(=O)O. The van der Waals surface area contributed by atoms with Crippen molar-refractivity contribution >= 4 is 12.0 Å². The normalized spacial score (nSPS) is 11.7. The Morgan fingerprint density at radius 1 is 1.47 bits per heavy atom. The number of urea groups is 1. The zero-order chi connectivity index (χ0) is 14.3. The van der Waals surface area contributed by atoms with Crippen LogP contribution in [0.3, 0.4) is 0 Å². The Morgan fingerprint density at radius 3 is 2.79 bits per heavy atom. The van der Waals surface area contributed by atoms with E-state index in [2.05, 4.69) is 15.6 Å². The third-order valence-electron chi connectivity index (χ3n) is 2.72. The van der Waals surface area contributed by atoms with Crippen LogP contribution in [-0.4, -0.2) is 28.1 Å². The summed E-state index contributed by atoms with van der Waals surface area (Å²) >= 11 is 0. The number of hydrogen-bond donors (Lipinski definition) is 3. The van der Waals surface area contributed by atoms with Crippen molar-refractivity contribution in [2.24, 2.45) is 0 Å². The second-order valence-corrected chi connectivity index (χ2v) is 4.27. The topological polar surface area (TPSA) is 91.3 Å². The summed E-state index contributed by atoms with van der Waals surface area (Å²) in [6.45, 7) is 4.04. The molecule has 0 spiro atoms. The number of nitrogens with one attached hydrogen (secondary N) is 2. The molecule has 19 heavy (non-hydrogen) atoms. The number of pyridine rings is 1. The van der Waals surface area contributed by atoms with Crippen LogP contribution in [0, 0.1) is 6.92 Å². The summed E-state index contributed by atoms with van der Waals surface area (Å²) in [6, 6.07) is 2.38. The number of carbonyl (C=O) groups excluding carboxylic acids is 1. The number of nitrogens with zero attached hydrogens (tertiary/aromatic N) is 1. The summed E-state index contributed by atoms with van der Waals surface area (Å²) in [5.41, 5.74) is 1.74. The number of aryl methyl sites for hydroxylation is 1. The van der Waals surface area contributed by atoms with E-state index in [-0.39, 0.29) is 6.54 Å². The van der Waals surface area contributed by atoms with E-state index in [9.17, 15) is 9.59 Å². The molecule has 0 aliphatic carbocycles. The van der Waals surface area contributed by atoms with Crippen LogP contribution in [-0.2, 0) is 11.3 Å². The van der Waals surface area contributed by atoms with Crippen molar-refractivity contribution in [3.8, 4) is 0 Å². The number of carboxylic acids is 1. The van der Waals surface area contributed by atoms with E-state index >= 15 is 0 Å². The molecule has 0 radical (unpaired) electrons. The molecular formula is C13H19N3O3. The Kier molecular flexibility index (Phi) is 5.78. The summed E-state index contributed by atoms with van der Waals surface area (Å²) in [5, 5.41) is 14.0. The molecule has 3 N–H and O–H groups in total. The van der Waals surface area contributed by atoms with Crippen LogP contribution in [0.2, 0.25) is 0 Å². The first-order chi connectivity index (χ1) is 9.04. The highest BCUT2D eigenvalue weighted by Crippen LogP contribution is 2.02. The van der Waals surface area contributed by atoms with Crippen LogP contribution in [0.5, 0.6) is 0 Å². The molecule has 0 saturated heterocycles. The molecule has 1 rings (SSSR count). The van der Waals surface area contributed by atoms with Gasteiger partial charge in [-0.25, -0.2) is 9.59 Å². The summed E-state index contributed by atoms with van der Waals surface area (Å²) in [4.78, 5) is 26.6. The van der Waals surface area contributed by atoms with Crippen molar-refractivity contribution < 1.29 is 14.7 Å². The fraction of sp³-hybridized carbons (Fsp3) is 0.462. The molecule has 6 heteroatoms. The van der Waals surface area contributed by atoms with E-state index in [1.54, 1.807) is 6.20 Å². The third kappa shape index (κ3) is 4.95.